The van der Waals surface area contributed by atoms with Crippen molar-refractivity contribution in [3.05, 3.63) is 70.5 Å². The smallest absolute Gasteiger partial charge is 0.258 e. The number of H-pyrrole nitrogens is 1. The second-order valence-corrected chi connectivity index (χ2v) is 9.06. The SMILES string of the molecule is CC1CCN(c2nc3c(c(=O)[nH]2)[C@H](C(=O)Nc2ccc(Oc4ccccc4)cc2)CC(=O)N3)CC1. The molecule has 2 amide bonds. The predicted molar refractivity (Wildman–Crippen MR) is 133 cm³/mol. The van der Waals surface area contributed by atoms with E-state index in [0.29, 0.717) is 29.1 Å². The van der Waals surface area contributed by atoms with Gasteiger partial charge in [-0.2, -0.15) is 4.98 Å². The molecule has 1 atom stereocenters. The summed E-state index contributed by atoms with van der Waals surface area (Å²) in [5.41, 5.74) is 0.307. The van der Waals surface area contributed by atoms with Crippen molar-refractivity contribution in [1.29, 1.82) is 0 Å². The van der Waals surface area contributed by atoms with Crippen LogP contribution in [0.2, 0.25) is 0 Å². The van der Waals surface area contributed by atoms with E-state index in [9.17, 15) is 14.4 Å². The number of nitrogens with zero attached hydrogens (tertiary/aromatic N) is 2. The number of hydrogen-bond acceptors (Lipinski definition) is 6. The number of benzene rings is 2. The molecule has 3 aromatic rings. The predicted octanol–water partition coefficient (Wildman–Crippen LogP) is 3.86. The molecule has 1 aromatic heterocycles. The number of hydrogen-bond donors (Lipinski definition) is 3. The molecule has 1 saturated heterocycles. The summed E-state index contributed by atoms with van der Waals surface area (Å²) in [5.74, 6) is 0.816. The van der Waals surface area contributed by atoms with E-state index in [1.54, 1.807) is 24.3 Å². The first-order valence-corrected chi connectivity index (χ1v) is 11.8. The molecule has 9 nitrogen and oxygen atoms in total. The number of fused-ring (bicyclic) bond motifs is 1. The normalized spacial score (nSPS) is 17.9. The van der Waals surface area contributed by atoms with Crippen LogP contribution in [0.4, 0.5) is 17.5 Å². The average molecular weight is 474 g/mol. The van der Waals surface area contributed by atoms with Crippen LogP contribution >= 0.6 is 0 Å². The Morgan fingerprint density at radius 2 is 1.71 bits per heavy atom. The summed E-state index contributed by atoms with van der Waals surface area (Å²) in [4.78, 5) is 47.8. The molecule has 180 valence electrons. The van der Waals surface area contributed by atoms with E-state index in [1.165, 1.54) is 0 Å². The Morgan fingerprint density at radius 1 is 1.03 bits per heavy atom. The number of ether oxygens (including phenoxy) is 1. The summed E-state index contributed by atoms with van der Waals surface area (Å²) in [6.07, 6.45) is 1.89. The number of amides is 2. The minimum Gasteiger partial charge on any atom is -0.457 e. The van der Waals surface area contributed by atoms with E-state index in [4.69, 9.17) is 4.74 Å². The van der Waals surface area contributed by atoms with Gasteiger partial charge in [0.2, 0.25) is 17.8 Å². The Hall–Kier alpha value is -4.14. The summed E-state index contributed by atoms with van der Waals surface area (Å²) in [6, 6.07) is 16.3. The van der Waals surface area contributed by atoms with Gasteiger partial charge in [-0.1, -0.05) is 25.1 Å². The third-order valence-electron chi connectivity index (χ3n) is 6.44. The van der Waals surface area contributed by atoms with E-state index in [2.05, 4.69) is 27.5 Å². The van der Waals surface area contributed by atoms with Gasteiger partial charge >= 0.3 is 0 Å². The molecule has 2 aromatic carbocycles. The lowest BCUT2D eigenvalue weighted by atomic mass is 9.92. The van der Waals surface area contributed by atoms with Crippen molar-refractivity contribution in [2.24, 2.45) is 5.92 Å². The number of piperidine rings is 1. The number of anilines is 3. The minimum absolute atomic E-state index is 0.126. The van der Waals surface area contributed by atoms with E-state index in [0.717, 1.165) is 25.9 Å². The maximum Gasteiger partial charge on any atom is 0.258 e. The minimum atomic E-state index is -0.939. The monoisotopic (exact) mass is 473 g/mol. The highest BCUT2D eigenvalue weighted by atomic mass is 16.5. The Bertz CT molecular complexity index is 1280. The Labute approximate surface area is 202 Å². The molecule has 9 heteroatoms. The van der Waals surface area contributed by atoms with Gasteiger partial charge < -0.3 is 20.3 Å². The number of para-hydroxylation sites is 1. The molecule has 35 heavy (non-hydrogen) atoms. The van der Waals surface area contributed by atoms with Crippen molar-refractivity contribution in [2.45, 2.75) is 32.1 Å². The topological polar surface area (TPSA) is 116 Å². The quantitative estimate of drug-likeness (QED) is 0.518. The standard InChI is InChI=1S/C26H27N5O4/c1-16-11-13-31(14-12-16)26-29-23-22(25(34)30-26)20(15-21(32)28-23)24(33)27-17-7-9-19(10-8-17)35-18-5-3-2-4-6-18/h2-10,16,20H,11-15H2,1H3,(H,27,33)(H2,28,29,30,32,34)/t20-/m1/s1. The lowest BCUT2D eigenvalue weighted by Crippen LogP contribution is -2.39. The lowest BCUT2D eigenvalue weighted by molar-refractivity contribution is -0.123. The van der Waals surface area contributed by atoms with Gasteiger partial charge in [-0.3, -0.25) is 19.4 Å². The van der Waals surface area contributed by atoms with Gasteiger partial charge in [0.15, 0.2) is 0 Å². The first-order chi connectivity index (χ1) is 17.0. The highest BCUT2D eigenvalue weighted by molar-refractivity contribution is 6.04. The molecule has 0 radical (unpaired) electrons. The summed E-state index contributed by atoms with van der Waals surface area (Å²) >= 11 is 0. The van der Waals surface area contributed by atoms with Crippen molar-refractivity contribution in [3.8, 4) is 11.5 Å². The van der Waals surface area contributed by atoms with Crippen LogP contribution in [0.15, 0.2) is 59.4 Å². The van der Waals surface area contributed by atoms with E-state index < -0.39 is 17.4 Å². The number of nitrogens with one attached hydrogen (secondary N) is 3. The highest BCUT2D eigenvalue weighted by Crippen LogP contribution is 2.31. The fraction of sp³-hybridized carbons (Fsp3) is 0.308. The fourth-order valence-corrected chi connectivity index (χ4v) is 4.41. The van der Waals surface area contributed by atoms with Gasteiger partial charge in [-0.05, 0) is 55.2 Å². The van der Waals surface area contributed by atoms with Crippen LogP contribution < -0.4 is 25.8 Å². The molecule has 2 aliphatic rings. The third kappa shape index (κ3) is 5.03. The summed E-state index contributed by atoms with van der Waals surface area (Å²) in [6.45, 7) is 3.77. The lowest BCUT2D eigenvalue weighted by Gasteiger charge is -2.31. The van der Waals surface area contributed by atoms with E-state index in [1.807, 2.05) is 35.2 Å². The van der Waals surface area contributed by atoms with Crippen LogP contribution in [0.3, 0.4) is 0 Å². The first-order valence-electron chi connectivity index (χ1n) is 11.8. The number of aromatic nitrogens is 2. The van der Waals surface area contributed by atoms with Crippen molar-refractivity contribution < 1.29 is 14.3 Å². The van der Waals surface area contributed by atoms with Gasteiger partial charge in [-0.15, -0.1) is 0 Å². The van der Waals surface area contributed by atoms with Crippen molar-refractivity contribution in [3.63, 3.8) is 0 Å². The van der Waals surface area contributed by atoms with Crippen LogP contribution in [0.25, 0.3) is 0 Å². The van der Waals surface area contributed by atoms with Gasteiger partial charge in [-0.25, -0.2) is 0 Å². The summed E-state index contributed by atoms with van der Waals surface area (Å²) in [7, 11) is 0. The van der Waals surface area contributed by atoms with Crippen LogP contribution in [0, 0.1) is 5.92 Å². The second-order valence-electron chi connectivity index (χ2n) is 9.06. The molecule has 0 spiro atoms. The zero-order valence-electron chi connectivity index (χ0n) is 19.4. The Balaban J connectivity index is 1.33. The molecule has 1 fully saturated rings. The maximum atomic E-state index is 13.1. The van der Waals surface area contributed by atoms with Crippen LogP contribution in [0.5, 0.6) is 11.5 Å². The van der Waals surface area contributed by atoms with Gasteiger partial charge in [0.25, 0.3) is 5.56 Å². The van der Waals surface area contributed by atoms with Crippen molar-refractivity contribution >= 4 is 29.3 Å². The first kappa shape index (κ1) is 22.6. The maximum absolute atomic E-state index is 13.1. The molecule has 0 bridgehead atoms. The van der Waals surface area contributed by atoms with Crippen LogP contribution in [-0.2, 0) is 9.59 Å². The van der Waals surface area contributed by atoms with Gasteiger partial charge in [0.1, 0.15) is 17.3 Å². The highest BCUT2D eigenvalue weighted by Gasteiger charge is 2.35. The molecule has 0 aliphatic carbocycles. The third-order valence-corrected chi connectivity index (χ3v) is 6.44. The van der Waals surface area contributed by atoms with E-state index >= 15 is 0 Å². The zero-order chi connectivity index (χ0) is 24.4. The number of carbonyl (C=O) groups excluding carboxylic acids is 2. The second kappa shape index (κ2) is 9.61. The Morgan fingerprint density at radius 3 is 2.43 bits per heavy atom. The van der Waals surface area contributed by atoms with Crippen molar-refractivity contribution in [2.75, 3.05) is 28.6 Å². The molecule has 2 aliphatic heterocycles. The average Bonchev–Trinajstić information content (AvgIpc) is 2.85. The van der Waals surface area contributed by atoms with Gasteiger partial charge in [0, 0.05) is 25.2 Å². The van der Waals surface area contributed by atoms with E-state index in [-0.39, 0.29) is 23.7 Å². The number of rotatable bonds is 5. The van der Waals surface area contributed by atoms with Crippen LogP contribution in [-0.4, -0.2) is 34.9 Å². The zero-order valence-corrected chi connectivity index (χ0v) is 19.4. The summed E-state index contributed by atoms with van der Waals surface area (Å²) in [5, 5.41) is 5.48. The fourth-order valence-electron chi connectivity index (χ4n) is 4.41. The molecule has 0 unspecified atom stereocenters. The molecule has 3 heterocycles. The summed E-state index contributed by atoms with van der Waals surface area (Å²) < 4.78 is 5.77. The molecule has 5 rings (SSSR count). The number of aromatic amines is 1. The van der Waals surface area contributed by atoms with Crippen LogP contribution in [0.1, 0.15) is 37.7 Å². The largest absolute Gasteiger partial charge is 0.457 e. The van der Waals surface area contributed by atoms with Crippen molar-refractivity contribution in [1.82, 2.24) is 9.97 Å². The number of carbonyl (C=O) groups is 2. The Kier molecular flexibility index (Phi) is 6.22. The molecular formula is C26H27N5O4. The molecular weight excluding hydrogens is 446 g/mol. The molecule has 0 saturated carbocycles. The molecule has 3 N–H and O–H groups in total. The van der Waals surface area contributed by atoms with Gasteiger partial charge in [0.05, 0.1) is 11.5 Å².